The number of amides is 1. The molecule has 2 aromatic carbocycles. The number of carbonyl (C=O) groups is 1. The third-order valence-electron chi connectivity index (χ3n) is 5.26. The van der Waals surface area contributed by atoms with E-state index in [1.54, 1.807) is 7.11 Å². The van der Waals surface area contributed by atoms with Gasteiger partial charge in [0.15, 0.2) is 0 Å². The number of nitrogens with one attached hydrogen (secondary N) is 1. The molecule has 0 radical (unpaired) electrons. The highest BCUT2D eigenvalue weighted by atomic mass is 16.5. The largest absolute Gasteiger partial charge is 0.497 e. The second-order valence-corrected chi connectivity index (χ2v) is 7.24. The molecule has 1 amide bonds. The van der Waals surface area contributed by atoms with Crippen molar-refractivity contribution in [3.05, 3.63) is 83.9 Å². The van der Waals surface area contributed by atoms with E-state index in [-0.39, 0.29) is 11.8 Å². The molecule has 4 rings (SSSR count). The monoisotopic (exact) mass is 375 g/mol. The number of carbonyl (C=O) groups excluding carboxylic acids is 1. The Bertz CT molecular complexity index is 915. The van der Waals surface area contributed by atoms with Crippen molar-refractivity contribution in [3.8, 4) is 5.75 Å². The maximum absolute atomic E-state index is 12.7. The first-order chi connectivity index (χ1) is 13.7. The van der Waals surface area contributed by atoms with Gasteiger partial charge in [-0.3, -0.25) is 4.79 Å². The van der Waals surface area contributed by atoms with E-state index < -0.39 is 0 Å². The van der Waals surface area contributed by atoms with Crippen molar-refractivity contribution in [2.24, 2.45) is 0 Å². The topological polar surface area (TPSA) is 56.1 Å². The van der Waals surface area contributed by atoms with Crippen molar-refractivity contribution in [1.82, 2.24) is 14.9 Å². The van der Waals surface area contributed by atoms with Crippen LogP contribution in [0.2, 0.25) is 0 Å². The summed E-state index contributed by atoms with van der Waals surface area (Å²) in [4.78, 5) is 17.0. The van der Waals surface area contributed by atoms with Crippen LogP contribution in [-0.4, -0.2) is 22.6 Å². The molecule has 1 aliphatic carbocycles. The fourth-order valence-corrected chi connectivity index (χ4v) is 3.55. The van der Waals surface area contributed by atoms with Crippen LogP contribution in [0.5, 0.6) is 5.75 Å². The summed E-state index contributed by atoms with van der Waals surface area (Å²) >= 11 is 0. The van der Waals surface area contributed by atoms with E-state index in [9.17, 15) is 4.79 Å². The molecular weight excluding hydrogens is 350 g/mol. The average Bonchev–Trinajstić information content (AvgIpc) is 3.49. The van der Waals surface area contributed by atoms with Gasteiger partial charge in [-0.05, 0) is 36.1 Å². The molecule has 28 heavy (non-hydrogen) atoms. The zero-order valence-corrected chi connectivity index (χ0v) is 16.0. The third-order valence-corrected chi connectivity index (χ3v) is 5.26. The highest BCUT2D eigenvalue weighted by Crippen LogP contribution is 2.35. The Hall–Kier alpha value is -3.08. The van der Waals surface area contributed by atoms with Gasteiger partial charge in [-0.2, -0.15) is 0 Å². The van der Waals surface area contributed by atoms with Crippen LogP contribution in [0.25, 0.3) is 0 Å². The predicted octanol–water partition coefficient (Wildman–Crippen LogP) is 4.07. The van der Waals surface area contributed by atoms with Gasteiger partial charge in [0.25, 0.3) is 0 Å². The summed E-state index contributed by atoms with van der Waals surface area (Å²) < 4.78 is 7.44. The van der Waals surface area contributed by atoms with E-state index in [0.29, 0.717) is 19.0 Å². The molecule has 0 unspecified atom stereocenters. The Morgan fingerprint density at radius 1 is 1.14 bits per heavy atom. The molecule has 1 N–H and O–H groups in total. The average molecular weight is 375 g/mol. The smallest absolute Gasteiger partial charge is 0.221 e. The summed E-state index contributed by atoms with van der Waals surface area (Å²) in [6.45, 7) is 0.513. The molecule has 1 atom stereocenters. The standard InChI is InChI=1S/C23H25N3O2/c1-28-21-11-7-18(8-12-21)22(17-5-3-2-4-6-17)13-23(27)25-15-20-14-24-16-26(20)19-9-10-19/h2-8,11-12,14,16,19,22H,9-10,13,15H2,1H3,(H,25,27)/t22-/m0/s1. The van der Waals surface area contributed by atoms with Crippen LogP contribution >= 0.6 is 0 Å². The zero-order valence-electron chi connectivity index (χ0n) is 16.0. The summed E-state index contributed by atoms with van der Waals surface area (Å²) in [6, 6.07) is 18.7. The molecule has 1 fully saturated rings. The van der Waals surface area contributed by atoms with Gasteiger partial charge < -0.3 is 14.6 Å². The van der Waals surface area contributed by atoms with Gasteiger partial charge in [0.05, 0.1) is 25.7 Å². The van der Waals surface area contributed by atoms with Crippen LogP contribution < -0.4 is 10.1 Å². The molecule has 1 aliphatic rings. The predicted molar refractivity (Wildman–Crippen MR) is 108 cm³/mol. The first kappa shape index (κ1) is 18.3. The summed E-state index contributed by atoms with van der Waals surface area (Å²) in [7, 11) is 1.66. The molecule has 5 nitrogen and oxygen atoms in total. The number of ether oxygens (including phenoxy) is 1. The minimum atomic E-state index is 0.000416. The molecule has 0 aliphatic heterocycles. The lowest BCUT2D eigenvalue weighted by molar-refractivity contribution is -0.121. The Balaban J connectivity index is 1.46. The quantitative estimate of drug-likeness (QED) is 0.646. The van der Waals surface area contributed by atoms with Crippen LogP contribution in [-0.2, 0) is 11.3 Å². The molecule has 3 aromatic rings. The number of imidazole rings is 1. The van der Waals surface area contributed by atoms with Crippen molar-refractivity contribution in [1.29, 1.82) is 0 Å². The molecule has 0 bridgehead atoms. The van der Waals surface area contributed by atoms with Gasteiger partial charge >= 0.3 is 0 Å². The maximum Gasteiger partial charge on any atom is 0.221 e. The Kier molecular flexibility index (Phi) is 5.42. The second-order valence-electron chi connectivity index (χ2n) is 7.24. The van der Waals surface area contributed by atoms with E-state index in [2.05, 4.69) is 27.0 Å². The van der Waals surface area contributed by atoms with Gasteiger partial charge in [0.1, 0.15) is 5.75 Å². The summed E-state index contributed by atoms with van der Waals surface area (Å²) in [5, 5.41) is 3.08. The van der Waals surface area contributed by atoms with Crippen molar-refractivity contribution in [2.45, 2.75) is 37.8 Å². The Labute approximate surface area is 165 Å². The lowest BCUT2D eigenvalue weighted by atomic mass is 9.88. The van der Waals surface area contributed by atoms with E-state index in [4.69, 9.17) is 4.74 Å². The number of rotatable bonds is 8. The van der Waals surface area contributed by atoms with Gasteiger partial charge in [-0.15, -0.1) is 0 Å². The summed E-state index contributed by atoms with van der Waals surface area (Å²) in [6.07, 6.45) is 6.50. The summed E-state index contributed by atoms with van der Waals surface area (Å²) in [5.41, 5.74) is 3.30. The number of aromatic nitrogens is 2. The molecular formula is C23H25N3O2. The number of hydrogen-bond donors (Lipinski definition) is 1. The second kappa shape index (κ2) is 8.30. The highest BCUT2D eigenvalue weighted by molar-refractivity contribution is 5.77. The van der Waals surface area contributed by atoms with Gasteiger partial charge in [-0.1, -0.05) is 42.5 Å². The zero-order chi connectivity index (χ0) is 19.3. The van der Waals surface area contributed by atoms with E-state index in [1.165, 1.54) is 12.8 Å². The fraction of sp³-hybridized carbons (Fsp3) is 0.304. The van der Waals surface area contributed by atoms with E-state index in [1.807, 2.05) is 55.0 Å². The van der Waals surface area contributed by atoms with Crippen LogP contribution in [0, 0.1) is 0 Å². The molecule has 1 saturated carbocycles. The van der Waals surface area contributed by atoms with Crippen molar-refractivity contribution in [3.63, 3.8) is 0 Å². The Morgan fingerprint density at radius 2 is 1.86 bits per heavy atom. The number of methoxy groups -OCH3 is 1. The number of nitrogens with zero attached hydrogens (tertiary/aromatic N) is 2. The number of benzene rings is 2. The minimum Gasteiger partial charge on any atom is -0.497 e. The van der Waals surface area contributed by atoms with Crippen LogP contribution in [0.15, 0.2) is 67.1 Å². The van der Waals surface area contributed by atoms with E-state index >= 15 is 0 Å². The first-order valence-corrected chi connectivity index (χ1v) is 9.71. The maximum atomic E-state index is 12.7. The Morgan fingerprint density at radius 3 is 2.54 bits per heavy atom. The highest BCUT2D eigenvalue weighted by Gasteiger charge is 2.25. The fourth-order valence-electron chi connectivity index (χ4n) is 3.55. The minimum absolute atomic E-state index is 0.000416. The molecule has 0 saturated heterocycles. The molecule has 1 heterocycles. The normalized spacial score (nSPS) is 14.5. The lowest BCUT2D eigenvalue weighted by Crippen LogP contribution is -2.26. The molecule has 0 spiro atoms. The van der Waals surface area contributed by atoms with Gasteiger partial charge in [-0.25, -0.2) is 4.98 Å². The SMILES string of the molecule is COc1ccc([C@@H](CC(=O)NCc2cncn2C2CC2)c2ccccc2)cc1. The van der Waals surface area contributed by atoms with Gasteiger partial charge in [0, 0.05) is 24.6 Å². The third kappa shape index (κ3) is 4.25. The van der Waals surface area contributed by atoms with E-state index in [0.717, 1.165) is 22.6 Å². The van der Waals surface area contributed by atoms with Crippen molar-refractivity contribution in [2.75, 3.05) is 7.11 Å². The van der Waals surface area contributed by atoms with Crippen molar-refractivity contribution < 1.29 is 9.53 Å². The lowest BCUT2D eigenvalue weighted by Gasteiger charge is -2.18. The van der Waals surface area contributed by atoms with Crippen molar-refractivity contribution >= 4 is 5.91 Å². The van der Waals surface area contributed by atoms with Crippen LogP contribution in [0.3, 0.4) is 0 Å². The molecule has 1 aromatic heterocycles. The summed E-state index contributed by atoms with van der Waals surface area (Å²) in [5.74, 6) is 0.849. The first-order valence-electron chi connectivity index (χ1n) is 9.71. The molecule has 144 valence electrons. The number of hydrogen-bond acceptors (Lipinski definition) is 3. The van der Waals surface area contributed by atoms with Crippen LogP contribution in [0.1, 0.15) is 48.0 Å². The van der Waals surface area contributed by atoms with Gasteiger partial charge in [0.2, 0.25) is 5.91 Å². The van der Waals surface area contributed by atoms with Crippen LogP contribution in [0.4, 0.5) is 0 Å². The molecule has 5 heteroatoms.